The Kier molecular flexibility index (Phi) is 10.5. The standard InChI is InChI=1S/C3H5FO2Si.C3H4O2/c1-2-3(5)6-7-4;1-2-3(4)5/h2H,1,7H2;2H,1H2,(H,4,5). The Hall–Kier alpha value is -1.43. The molecule has 4 nitrogen and oxygen atoms in total. The zero-order valence-electron chi connectivity index (χ0n) is 6.33. The van der Waals surface area contributed by atoms with Gasteiger partial charge in [0.25, 0.3) is 0 Å². The molecule has 0 aliphatic carbocycles. The Balaban J connectivity index is 0. The number of rotatable bonds is 3. The maximum Gasteiger partial charge on any atom is 0.411 e. The highest BCUT2D eigenvalue weighted by Crippen LogP contribution is 1.73. The van der Waals surface area contributed by atoms with Gasteiger partial charge in [-0.1, -0.05) is 13.2 Å². The van der Waals surface area contributed by atoms with Gasteiger partial charge in [-0.3, -0.25) is 4.11 Å². The molecule has 0 saturated carbocycles. The van der Waals surface area contributed by atoms with Crippen molar-refractivity contribution in [1.29, 1.82) is 0 Å². The molecule has 0 aliphatic rings. The number of halogens is 1. The third-order valence-corrected chi connectivity index (χ3v) is 0.932. The molecule has 0 fully saturated rings. The van der Waals surface area contributed by atoms with Gasteiger partial charge in [0.05, 0.1) is 0 Å². The van der Waals surface area contributed by atoms with Crippen LogP contribution < -0.4 is 0 Å². The predicted octanol–water partition coefficient (Wildman–Crippen LogP) is -0.0591. The van der Waals surface area contributed by atoms with Crippen LogP contribution in [0.2, 0.25) is 0 Å². The van der Waals surface area contributed by atoms with Gasteiger partial charge in [-0.25, -0.2) is 9.59 Å². The third-order valence-electron chi connectivity index (χ3n) is 0.538. The number of hydrogen-bond acceptors (Lipinski definition) is 3. The highest BCUT2D eigenvalue weighted by molar-refractivity contribution is 6.22. The summed E-state index contributed by atoms with van der Waals surface area (Å²) in [5, 5.41) is 7.60. The van der Waals surface area contributed by atoms with Crippen LogP contribution in [0.5, 0.6) is 0 Å². The first-order chi connectivity index (χ1) is 5.58. The van der Waals surface area contributed by atoms with E-state index in [1.807, 2.05) is 0 Å². The highest BCUT2D eigenvalue weighted by atomic mass is 28.3. The van der Waals surface area contributed by atoms with E-state index in [1.165, 1.54) is 0 Å². The van der Waals surface area contributed by atoms with Gasteiger partial charge in [0.15, 0.2) is 0 Å². The first kappa shape index (κ1) is 13.2. The molecule has 0 aromatic carbocycles. The largest absolute Gasteiger partial charge is 0.492 e. The predicted molar refractivity (Wildman–Crippen MR) is 43.8 cm³/mol. The zero-order chi connectivity index (χ0) is 9.98. The van der Waals surface area contributed by atoms with Crippen LogP contribution in [-0.2, 0) is 14.0 Å². The molecular formula is C6H9FO4Si. The molecule has 1 N–H and O–H groups in total. The summed E-state index contributed by atoms with van der Waals surface area (Å²) in [5.74, 6) is -1.65. The van der Waals surface area contributed by atoms with Crippen molar-refractivity contribution in [3.63, 3.8) is 0 Å². The van der Waals surface area contributed by atoms with E-state index < -0.39 is 22.0 Å². The summed E-state index contributed by atoms with van der Waals surface area (Å²) in [6.07, 6.45) is 1.77. The van der Waals surface area contributed by atoms with Gasteiger partial charge in [-0.15, -0.1) is 0 Å². The minimum absolute atomic E-state index is 0.672. The Bertz CT molecular complexity index is 180. The Morgan fingerprint density at radius 2 is 1.83 bits per heavy atom. The molecule has 0 aromatic heterocycles. The fraction of sp³-hybridized carbons (Fsp3) is 0. The van der Waals surface area contributed by atoms with Crippen molar-refractivity contribution < 1.29 is 23.2 Å². The zero-order valence-corrected chi connectivity index (χ0v) is 7.74. The van der Waals surface area contributed by atoms with E-state index in [4.69, 9.17) is 5.11 Å². The molecule has 0 atom stereocenters. The molecule has 0 saturated heterocycles. The third kappa shape index (κ3) is 15.8. The summed E-state index contributed by atoms with van der Waals surface area (Å²) in [6.45, 7) is 6.02. The van der Waals surface area contributed by atoms with Crippen LogP contribution in [0.15, 0.2) is 25.3 Å². The Labute approximate surface area is 71.5 Å². The Morgan fingerprint density at radius 3 is 1.92 bits per heavy atom. The lowest BCUT2D eigenvalue weighted by Gasteiger charge is -1.88. The van der Waals surface area contributed by atoms with Crippen LogP contribution >= 0.6 is 0 Å². The SMILES string of the molecule is C=CC(=O)O.C=CC(=O)O[SiH2]F. The lowest BCUT2D eigenvalue weighted by molar-refractivity contribution is -0.131. The molecule has 0 spiro atoms. The van der Waals surface area contributed by atoms with Crippen molar-refractivity contribution in [2.45, 2.75) is 0 Å². The minimum Gasteiger partial charge on any atom is -0.492 e. The minimum atomic E-state index is -2.07. The van der Waals surface area contributed by atoms with Gasteiger partial charge in [0.1, 0.15) is 0 Å². The Morgan fingerprint density at radius 1 is 1.42 bits per heavy atom. The van der Waals surface area contributed by atoms with Crippen molar-refractivity contribution in [2.24, 2.45) is 0 Å². The molecule has 0 aliphatic heterocycles. The maximum absolute atomic E-state index is 11.1. The van der Waals surface area contributed by atoms with Gasteiger partial charge in [-0.05, 0) is 0 Å². The van der Waals surface area contributed by atoms with E-state index in [1.54, 1.807) is 0 Å². The maximum atomic E-state index is 11.1. The van der Waals surface area contributed by atoms with Crippen LogP contribution in [0.4, 0.5) is 4.11 Å². The summed E-state index contributed by atoms with van der Waals surface area (Å²) >= 11 is 0. The summed E-state index contributed by atoms with van der Waals surface area (Å²) < 4.78 is 15.0. The first-order valence-corrected chi connectivity index (χ1v) is 3.90. The van der Waals surface area contributed by atoms with Crippen LogP contribution in [0, 0.1) is 0 Å². The van der Waals surface area contributed by atoms with Crippen molar-refractivity contribution in [3.05, 3.63) is 25.3 Å². The molecule has 0 unspecified atom stereocenters. The first-order valence-electron chi connectivity index (χ1n) is 2.79. The van der Waals surface area contributed by atoms with E-state index in [0.29, 0.717) is 0 Å². The number of aliphatic carboxylic acids is 1. The summed E-state index contributed by atoms with van der Waals surface area (Å²) in [4.78, 5) is 19.1. The van der Waals surface area contributed by atoms with E-state index in [0.717, 1.165) is 12.2 Å². The molecular weight excluding hydrogens is 183 g/mol. The second kappa shape index (κ2) is 9.57. The smallest absolute Gasteiger partial charge is 0.411 e. The molecule has 0 heterocycles. The van der Waals surface area contributed by atoms with Gasteiger partial charge in [0.2, 0.25) is 0 Å². The monoisotopic (exact) mass is 192 g/mol. The lowest BCUT2D eigenvalue weighted by atomic mass is 10.7. The number of carboxylic acids is 1. The molecule has 0 bridgehead atoms. The number of carbonyl (C=O) groups excluding carboxylic acids is 1. The molecule has 0 amide bonds. The average molecular weight is 192 g/mol. The van der Waals surface area contributed by atoms with E-state index in [9.17, 15) is 13.7 Å². The van der Waals surface area contributed by atoms with Crippen molar-refractivity contribution in [1.82, 2.24) is 0 Å². The highest BCUT2D eigenvalue weighted by Gasteiger charge is 1.89. The summed E-state index contributed by atoms with van der Waals surface area (Å²) in [5.41, 5.74) is 0. The molecule has 12 heavy (non-hydrogen) atoms. The van der Waals surface area contributed by atoms with Crippen LogP contribution in [0.1, 0.15) is 0 Å². The van der Waals surface area contributed by atoms with Crippen molar-refractivity contribution in [2.75, 3.05) is 0 Å². The fourth-order valence-electron chi connectivity index (χ4n) is 0.113. The van der Waals surface area contributed by atoms with Crippen LogP contribution in [0.25, 0.3) is 0 Å². The topological polar surface area (TPSA) is 63.6 Å². The van der Waals surface area contributed by atoms with Crippen molar-refractivity contribution in [3.8, 4) is 0 Å². The van der Waals surface area contributed by atoms with Crippen LogP contribution in [0.3, 0.4) is 0 Å². The molecule has 0 rings (SSSR count). The van der Waals surface area contributed by atoms with Gasteiger partial charge in [-0.2, -0.15) is 0 Å². The molecule has 6 heteroatoms. The van der Waals surface area contributed by atoms with Gasteiger partial charge in [0, 0.05) is 12.2 Å². The van der Waals surface area contributed by atoms with Gasteiger partial charge >= 0.3 is 22.0 Å². The van der Waals surface area contributed by atoms with Crippen molar-refractivity contribution >= 4 is 22.0 Å². The summed E-state index contributed by atoms with van der Waals surface area (Å²) in [6, 6.07) is 0. The van der Waals surface area contributed by atoms with E-state index in [2.05, 4.69) is 17.6 Å². The van der Waals surface area contributed by atoms with Gasteiger partial charge < -0.3 is 9.53 Å². The lowest BCUT2D eigenvalue weighted by Crippen LogP contribution is -1.99. The van der Waals surface area contributed by atoms with E-state index >= 15 is 0 Å². The average Bonchev–Trinajstić information content (AvgIpc) is 2.06. The van der Waals surface area contributed by atoms with E-state index in [-0.39, 0.29) is 0 Å². The summed E-state index contributed by atoms with van der Waals surface area (Å²) in [7, 11) is -2.07. The number of carboxylic acid groups (broad SMARTS) is 1. The number of carbonyl (C=O) groups is 2. The number of hydrogen-bond donors (Lipinski definition) is 1. The molecule has 0 radical (unpaired) electrons. The fourth-order valence-corrected chi connectivity index (χ4v) is 0.338. The molecule has 0 aromatic rings. The normalized spacial score (nSPS) is 8.08. The second-order valence-electron chi connectivity index (χ2n) is 1.32. The second-order valence-corrected chi connectivity index (χ2v) is 1.83. The van der Waals surface area contributed by atoms with Crippen LogP contribution in [-0.4, -0.2) is 27.1 Å². The molecule has 68 valence electrons. The quantitative estimate of drug-likeness (QED) is 0.386.